The predicted octanol–water partition coefficient (Wildman–Crippen LogP) is 5.41. The lowest BCUT2D eigenvalue weighted by Gasteiger charge is -2.36. The number of fused-ring (bicyclic) bond motifs is 5. The molecule has 0 spiro atoms. The van der Waals surface area contributed by atoms with Gasteiger partial charge < -0.3 is 9.64 Å². The zero-order valence-electron chi connectivity index (χ0n) is 21.5. The molecule has 6 heteroatoms. The Kier molecular flexibility index (Phi) is 5.81. The van der Waals surface area contributed by atoms with Crippen LogP contribution < -0.4 is 9.80 Å². The van der Waals surface area contributed by atoms with Gasteiger partial charge in [-0.3, -0.25) is 9.59 Å². The molecule has 0 radical (unpaired) electrons. The third-order valence-electron chi connectivity index (χ3n) is 8.11. The molecule has 0 aliphatic carbocycles. The van der Waals surface area contributed by atoms with E-state index in [0.29, 0.717) is 5.69 Å². The van der Waals surface area contributed by atoms with Crippen LogP contribution in [0.1, 0.15) is 22.8 Å². The first-order chi connectivity index (χ1) is 19.6. The van der Waals surface area contributed by atoms with E-state index in [1.165, 1.54) is 4.90 Å². The molecule has 3 heterocycles. The number of hydrogen-bond donors (Lipinski definition) is 0. The van der Waals surface area contributed by atoms with E-state index in [-0.39, 0.29) is 11.8 Å². The van der Waals surface area contributed by atoms with Crippen molar-refractivity contribution in [1.82, 2.24) is 0 Å². The number of ether oxygens (including phenoxy) is 1. The van der Waals surface area contributed by atoms with Gasteiger partial charge in [0.25, 0.3) is 0 Å². The van der Waals surface area contributed by atoms with Crippen molar-refractivity contribution in [2.24, 2.45) is 11.8 Å². The summed E-state index contributed by atoms with van der Waals surface area (Å²) in [4.78, 5) is 45.4. The van der Waals surface area contributed by atoms with E-state index < -0.39 is 36.0 Å². The summed E-state index contributed by atoms with van der Waals surface area (Å²) in [5.74, 6) is -2.79. The molecule has 2 amide bonds. The average molecular weight is 527 g/mol. The van der Waals surface area contributed by atoms with Crippen LogP contribution in [0.25, 0.3) is 6.08 Å². The van der Waals surface area contributed by atoms with Gasteiger partial charge in [-0.25, -0.2) is 9.69 Å². The molecule has 4 aromatic rings. The number of carbonyl (C=O) groups is 3. The van der Waals surface area contributed by atoms with E-state index in [9.17, 15) is 14.4 Å². The third kappa shape index (κ3) is 3.75. The molecular weight excluding hydrogens is 500 g/mol. The Morgan fingerprint density at radius 3 is 1.88 bits per heavy atom. The van der Waals surface area contributed by atoms with Crippen LogP contribution in [-0.4, -0.2) is 29.9 Å². The standard InChI is InChI=1S/C34H26N2O4/c37-32-28-27-21-20-22-12-10-11-19-26(22)36(27)30(29(28)33(38)35(32)25-17-8-3-9-18-25)34(39)40-31(23-13-4-1-5-14-23)24-15-6-2-7-16-24/h1-21,27-31H. The predicted molar refractivity (Wildman–Crippen MR) is 152 cm³/mol. The molecule has 3 aliphatic rings. The highest BCUT2D eigenvalue weighted by atomic mass is 16.5. The third-order valence-corrected chi connectivity index (χ3v) is 8.11. The van der Waals surface area contributed by atoms with E-state index in [2.05, 4.69) is 0 Å². The fourth-order valence-corrected chi connectivity index (χ4v) is 6.39. The summed E-state index contributed by atoms with van der Waals surface area (Å²) in [6.45, 7) is 0. The summed E-state index contributed by atoms with van der Waals surface area (Å²) in [5.41, 5.74) is 3.91. The highest BCUT2D eigenvalue weighted by Gasteiger charge is 2.65. The molecule has 3 aliphatic heterocycles. The summed E-state index contributed by atoms with van der Waals surface area (Å²) >= 11 is 0. The quantitative estimate of drug-likeness (QED) is 0.257. The van der Waals surface area contributed by atoms with Gasteiger partial charge in [0.1, 0.15) is 6.04 Å². The molecule has 7 rings (SSSR count). The van der Waals surface area contributed by atoms with E-state index in [1.54, 1.807) is 24.3 Å². The maximum atomic E-state index is 14.3. The molecule has 196 valence electrons. The van der Waals surface area contributed by atoms with Crippen molar-refractivity contribution in [2.45, 2.75) is 18.2 Å². The Morgan fingerprint density at radius 2 is 1.23 bits per heavy atom. The first-order valence-electron chi connectivity index (χ1n) is 13.4. The number of hydrogen-bond acceptors (Lipinski definition) is 5. The topological polar surface area (TPSA) is 66.9 Å². The van der Waals surface area contributed by atoms with Crippen LogP contribution in [0.15, 0.2) is 121 Å². The van der Waals surface area contributed by atoms with Gasteiger partial charge in [0.15, 0.2) is 6.10 Å². The lowest BCUT2D eigenvalue weighted by atomic mass is 9.88. The fraction of sp³-hybridized carbons (Fsp3) is 0.147. The average Bonchev–Trinajstić information content (AvgIpc) is 3.49. The Labute approximate surface area is 232 Å². The molecule has 0 N–H and O–H groups in total. The van der Waals surface area contributed by atoms with Crippen LogP contribution in [0.2, 0.25) is 0 Å². The Bertz CT molecular complexity index is 1580. The zero-order chi connectivity index (χ0) is 27.2. The van der Waals surface area contributed by atoms with Crippen LogP contribution in [-0.2, 0) is 19.1 Å². The maximum Gasteiger partial charge on any atom is 0.330 e. The Hall–Kier alpha value is -4.97. The van der Waals surface area contributed by atoms with Crippen LogP contribution in [0.5, 0.6) is 0 Å². The minimum absolute atomic E-state index is 0.293. The number of carbonyl (C=O) groups excluding carboxylic acids is 3. The number of para-hydroxylation sites is 2. The van der Waals surface area contributed by atoms with E-state index in [1.807, 2.05) is 108 Å². The van der Waals surface area contributed by atoms with Crippen molar-refractivity contribution in [1.29, 1.82) is 0 Å². The van der Waals surface area contributed by atoms with E-state index >= 15 is 0 Å². The molecule has 0 bridgehead atoms. The minimum Gasteiger partial charge on any atom is -0.451 e. The second-order valence-corrected chi connectivity index (χ2v) is 10.3. The molecule has 2 saturated heterocycles. The van der Waals surface area contributed by atoms with Crippen molar-refractivity contribution in [3.05, 3.63) is 138 Å². The molecular formula is C34H26N2O4. The Balaban J connectivity index is 1.32. The molecule has 40 heavy (non-hydrogen) atoms. The molecule has 4 unspecified atom stereocenters. The van der Waals surface area contributed by atoms with Crippen LogP contribution >= 0.6 is 0 Å². The summed E-state index contributed by atoms with van der Waals surface area (Å²) < 4.78 is 6.32. The minimum atomic E-state index is -0.971. The SMILES string of the molecule is O=C(OC(c1ccccc1)c1ccccc1)C1C2C(=O)N(c3ccccc3)C(=O)C2C2C=Cc3ccccc3N21. The van der Waals surface area contributed by atoms with Crippen molar-refractivity contribution >= 4 is 35.2 Å². The smallest absolute Gasteiger partial charge is 0.330 e. The highest BCUT2D eigenvalue weighted by Crippen LogP contribution is 2.49. The Morgan fingerprint density at radius 1 is 0.675 bits per heavy atom. The summed E-state index contributed by atoms with van der Waals surface area (Å²) in [6.07, 6.45) is 3.25. The number of imide groups is 1. The maximum absolute atomic E-state index is 14.3. The molecule has 4 aromatic carbocycles. The number of amides is 2. The second kappa shape index (κ2) is 9.65. The lowest BCUT2D eigenvalue weighted by Crippen LogP contribution is -2.49. The summed E-state index contributed by atoms with van der Waals surface area (Å²) in [6, 6.07) is 34.4. The monoisotopic (exact) mass is 526 g/mol. The number of benzene rings is 4. The van der Waals surface area contributed by atoms with Gasteiger partial charge in [-0.1, -0.05) is 109 Å². The molecule has 0 aromatic heterocycles. The van der Waals surface area contributed by atoms with E-state index in [4.69, 9.17) is 4.74 Å². The van der Waals surface area contributed by atoms with Gasteiger partial charge in [0.2, 0.25) is 11.8 Å². The molecule has 4 atom stereocenters. The van der Waals surface area contributed by atoms with Crippen molar-refractivity contribution in [3.8, 4) is 0 Å². The van der Waals surface area contributed by atoms with Crippen molar-refractivity contribution in [3.63, 3.8) is 0 Å². The van der Waals surface area contributed by atoms with Crippen LogP contribution in [0, 0.1) is 11.8 Å². The van der Waals surface area contributed by atoms with E-state index in [0.717, 1.165) is 22.4 Å². The number of esters is 1. The van der Waals surface area contributed by atoms with Crippen LogP contribution in [0.4, 0.5) is 11.4 Å². The fourth-order valence-electron chi connectivity index (χ4n) is 6.39. The summed E-state index contributed by atoms with van der Waals surface area (Å²) in [5, 5.41) is 0. The van der Waals surface area contributed by atoms with Gasteiger partial charge in [-0.15, -0.1) is 0 Å². The number of rotatable bonds is 5. The molecule has 2 fully saturated rings. The van der Waals surface area contributed by atoms with Gasteiger partial charge in [0, 0.05) is 5.69 Å². The first-order valence-corrected chi connectivity index (χ1v) is 13.4. The van der Waals surface area contributed by atoms with Gasteiger partial charge in [-0.05, 0) is 34.9 Å². The van der Waals surface area contributed by atoms with Gasteiger partial charge >= 0.3 is 5.97 Å². The zero-order valence-corrected chi connectivity index (χ0v) is 21.5. The summed E-state index contributed by atoms with van der Waals surface area (Å²) in [7, 11) is 0. The van der Waals surface area contributed by atoms with Gasteiger partial charge in [-0.2, -0.15) is 0 Å². The van der Waals surface area contributed by atoms with Crippen LogP contribution in [0.3, 0.4) is 0 Å². The molecule has 0 saturated carbocycles. The lowest BCUT2D eigenvalue weighted by molar-refractivity contribution is -0.151. The van der Waals surface area contributed by atoms with Crippen molar-refractivity contribution < 1.29 is 19.1 Å². The first kappa shape index (κ1) is 24.1. The molecule has 6 nitrogen and oxygen atoms in total. The highest BCUT2D eigenvalue weighted by molar-refractivity contribution is 6.24. The van der Waals surface area contributed by atoms with Crippen molar-refractivity contribution in [2.75, 3.05) is 9.80 Å². The second-order valence-electron chi connectivity index (χ2n) is 10.3. The number of anilines is 2. The largest absolute Gasteiger partial charge is 0.451 e. The number of nitrogens with zero attached hydrogens (tertiary/aromatic N) is 2. The van der Waals surface area contributed by atoms with Gasteiger partial charge in [0.05, 0.1) is 23.6 Å². The normalized spacial score (nSPS) is 22.7.